The summed E-state index contributed by atoms with van der Waals surface area (Å²) < 4.78 is 0. The molecule has 0 aromatic heterocycles. The number of hydrazine groups is 1. The minimum atomic E-state index is 0.888. The SMILES string of the molecule is C=CCN(CC)N(CC)c1ccccc1. The van der Waals surface area contributed by atoms with E-state index in [1.54, 1.807) is 0 Å². The zero-order valence-electron chi connectivity index (χ0n) is 9.69. The topological polar surface area (TPSA) is 6.48 Å². The van der Waals surface area contributed by atoms with Gasteiger partial charge in [0.05, 0.1) is 5.69 Å². The highest BCUT2D eigenvalue weighted by molar-refractivity contribution is 5.44. The number of benzene rings is 1. The molecule has 0 fully saturated rings. The minimum absolute atomic E-state index is 0.888. The zero-order valence-corrected chi connectivity index (χ0v) is 9.69. The van der Waals surface area contributed by atoms with E-state index in [1.807, 2.05) is 12.1 Å². The van der Waals surface area contributed by atoms with Gasteiger partial charge in [-0.15, -0.1) is 6.58 Å². The van der Waals surface area contributed by atoms with Crippen molar-refractivity contribution < 1.29 is 0 Å². The highest BCUT2D eigenvalue weighted by Crippen LogP contribution is 2.15. The summed E-state index contributed by atoms with van der Waals surface area (Å²) >= 11 is 0. The van der Waals surface area contributed by atoms with E-state index < -0.39 is 0 Å². The largest absolute Gasteiger partial charge is 0.306 e. The first-order valence-electron chi connectivity index (χ1n) is 5.51. The third-order valence-electron chi connectivity index (χ3n) is 2.40. The maximum Gasteiger partial charge on any atom is 0.0522 e. The minimum Gasteiger partial charge on any atom is -0.306 e. The fourth-order valence-corrected chi connectivity index (χ4v) is 1.69. The molecule has 0 aliphatic rings. The predicted molar refractivity (Wildman–Crippen MR) is 66.9 cm³/mol. The molecule has 1 aromatic carbocycles. The Labute approximate surface area is 92.8 Å². The lowest BCUT2D eigenvalue weighted by Gasteiger charge is -2.34. The van der Waals surface area contributed by atoms with Crippen molar-refractivity contribution >= 4 is 5.69 Å². The molecule has 82 valence electrons. The van der Waals surface area contributed by atoms with Gasteiger partial charge in [0.2, 0.25) is 0 Å². The number of likely N-dealkylation sites (N-methyl/N-ethyl adjacent to an activating group) is 1. The van der Waals surface area contributed by atoms with E-state index in [1.165, 1.54) is 5.69 Å². The van der Waals surface area contributed by atoms with Crippen LogP contribution in [-0.4, -0.2) is 24.6 Å². The molecule has 0 aliphatic carbocycles. The first-order chi connectivity index (χ1) is 7.33. The second kappa shape index (κ2) is 6.25. The highest BCUT2D eigenvalue weighted by atomic mass is 15.6. The molecule has 1 aromatic rings. The Bertz CT molecular complexity index is 282. The summed E-state index contributed by atoms with van der Waals surface area (Å²) in [5.41, 5.74) is 1.24. The lowest BCUT2D eigenvalue weighted by atomic mass is 10.3. The average Bonchev–Trinajstić information content (AvgIpc) is 2.30. The van der Waals surface area contributed by atoms with Crippen LogP contribution in [0.2, 0.25) is 0 Å². The molecular formula is C13H20N2. The first-order valence-corrected chi connectivity index (χ1v) is 5.51. The first kappa shape index (κ1) is 11.8. The molecule has 0 aliphatic heterocycles. The Morgan fingerprint density at radius 2 is 1.80 bits per heavy atom. The van der Waals surface area contributed by atoms with Crippen molar-refractivity contribution in [2.75, 3.05) is 24.6 Å². The molecule has 0 radical (unpaired) electrons. The Morgan fingerprint density at radius 1 is 1.13 bits per heavy atom. The lowest BCUT2D eigenvalue weighted by Crippen LogP contribution is -2.42. The summed E-state index contributed by atoms with van der Waals surface area (Å²) in [7, 11) is 0. The molecule has 2 nitrogen and oxygen atoms in total. The molecule has 0 spiro atoms. The van der Waals surface area contributed by atoms with Gasteiger partial charge < -0.3 is 5.01 Å². The van der Waals surface area contributed by atoms with E-state index in [0.29, 0.717) is 0 Å². The standard InChI is InChI=1S/C13H20N2/c1-4-12-14(5-2)15(6-3)13-10-8-7-9-11-13/h4,7-11H,1,5-6,12H2,2-3H3. The van der Waals surface area contributed by atoms with E-state index in [4.69, 9.17) is 0 Å². The van der Waals surface area contributed by atoms with Crippen LogP contribution in [0.25, 0.3) is 0 Å². The van der Waals surface area contributed by atoms with Gasteiger partial charge in [-0.3, -0.25) is 0 Å². The fraction of sp³-hybridized carbons (Fsp3) is 0.385. The second-order valence-corrected chi connectivity index (χ2v) is 3.35. The number of hydrogen-bond donors (Lipinski definition) is 0. The number of nitrogens with zero attached hydrogens (tertiary/aromatic N) is 2. The van der Waals surface area contributed by atoms with E-state index >= 15 is 0 Å². The van der Waals surface area contributed by atoms with Crippen LogP contribution < -0.4 is 5.01 Å². The molecule has 1 rings (SSSR count). The molecule has 0 saturated heterocycles. The third-order valence-corrected chi connectivity index (χ3v) is 2.40. The summed E-state index contributed by atoms with van der Waals surface area (Å²) in [5.74, 6) is 0. The monoisotopic (exact) mass is 204 g/mol. The Hall–Kier alpha value is -1.28. The van der Waals surface area contributed by atoms with Gasteiger partial charge in [0, 0.05) is 19.6 Å². The van der Waals surface area contributed by atoms with Gasteiger partial charge in [-0.1, -0.05) is 31.2 Å². The van der Waals surface area contributed by atoms with Crippen molar-refractivity contribution in [1.82, 2.24) is 5.01 Å². The molecule has 0 amide bonds. The Kier molecular flexibility index (Phi) is 4.91. The van der Waals surface area contributed by atoms with E-state index in [0.717, 1.165) is 19.6 Å². The van der Waals surface area contributed by atoms with E-state index in [2.05, 4.69) is 54.7 Å². The van der Waals surface area contributed by atoms with E-state index in [-0.39, 0.29) is 0 Å². The van der Waals surface area contributed by atoms with Gasteiger partial charge in [-0.2, -0.15) is 0 Å². The quantitative estimate of drug-likeness (QED) is 0.519. The summed E-state index contributed by atoms with van der Waals surface area (Å²) in [5, 5.41) is 4.56. The van der Waals surface area contributed by atoms with Crippen molar-refractivity contribution in [2.24, 2.45) is 0 Å². The van der Waals surface area contributed by atoms with Crippen LogP contribution >= 0.6 is 0 Å². The molecule has 15 heavy (non-hydrogen) atoms. The molecule has 0 saturated carbocycles. The maximum atomic E-state index is 3.79. The van der Waals surface area contributed by atoms with Gasteiger partial charge >= 0.3 is 0 Å². The Balaban J connectivity index is 2.82. The van der Waals surface area contributed by atoms with Crippen molar-refractivity contribution in [1.29, 1.82) is 0 Å². The second-order valence-electron chi connectivity index (χ2n) is 3.35. The van der Waals surface area contributed by atoms with Crippen LogP contribution in [0.4, 0.5) is 5.69 Å². The van der Waals surface area contributed by atoms with Crippen LogP contribution in [-0.2, 0) is 0 Å². The molecule has 0 unspecified atom stereocenters. The van der Waals surface area contributed by atoms with Gasteiger partial charge in [0.1, 0.15) is 0 Å². The number of para-hydroxylation sites is 1. The zero-order chi connectivity index (χ0) is 11.1. The lowest BCUT2D eigenvalue weighted by molar-refractivity contribution is 0.294. The summed E-state index contributed by atoms with van der Waals surface area (Å²) in [6.45, 7) is 11.0. The highest BCUT2D eigenvalue weighted by Gasteiger charge is 2.10. The number of anilines is 1. The molecular weight excluding hydrogens is 184 g/mol. The van der Waals surface area contributed by atoms with Crippen LogP contribution in [0.3, 0.4) is 0 Å². The molecule has 0 heterocycles. The van der Waals surface area contributed by atoms with Gasteiger partial charge in [0.15, 0.2) is 0 Å². The van der Waals surface area contributed by atoms with Crippen molar-refractivity contribution in [3.8, 4) is 0 Å². The van der Waals surface area contributed by atoms with Gasteiger partial charge in [-0.05, 0) is 19.1 Å². The molecule has 2 heteroatoms. The molecule has 0 bridgehead atoms. The molecule has 0 N–H and O–H groups in total. The van der Waals surface area contributed by atoms with Gasteiger partial charge in [0.25, 0.3) is 0 Å². The van der Waals surface area contributed by atoms with E-state index in [9.17, 15) is 0 Å². The van der Waals surface area contributed by atoms with Crippen LogP contribution in [0.5, 0.6) is 0 Å². The number of hydrogen-bond acceptors (Lipinski definition) is 2. The summed E-state index contributed by atoms with van der Waals surface area (Å²) in [6, 6.07) is 10.4. The molecule has 0 atom stereocenters. The van der Waals surface area contributed by atoms with Crippen LogP contribution in [0.1, 0.15) is 13.8 Å². The smallest absolute Gasteiger partial charge is 0.0522 e. The number of rotatable bonds is 6. The predicted octanol–water partition coefficient (Wildman–Crippen LogP) is 2.94. The Morgan fingerprint density at radius 3 is 2.27 bits per heavy atom. The fourth-order valence-electron chi connectivity index (χ4n) is 1.69. The van der Waals surface area contributed by atoms with Crippen LogP contribution in [0, 0.1) is 0 Å². The third kappa shape index (κ3) is 3.10. The van der Waals surface area contributed by atoms with Crippen molar-refractivity contribution in [2.45, 2.75) is 13.8 Å². The van der Waals surface area contributed by atoms with Crippen molar-refractivity contribution in [3.63, 3.8) is 0 Å². The van der Waals surface area contributed by atoms with Crippen LogP contribution in [0.15, 0.2) is 43.0 Å². The maximum absolute atomic E-state index is 3.79. The van der Waals surface area contributed by atoms with Crippen molar-refractivity contribution in [3.05, 3.63) is 43.0 Å². The normalized spacial score (nSPS) is 10.3. The van der Waals surface area contributed by atoms with Gasteiger partial charge in [-0.25, -0.2) is 5.01 Å². The summed E-state index contributed by atoms with van der Waals surface area (Å²) in [6.07, 6.45) is 1.94. The summed E-state index contributed by atoms with van der Waals surface area (Å²) in [4.78, 5) is 0. The average molecular weight is 204 g/mol.